The largest absolute Gasteiger partial charge is 0.207 e. The third kappa shape index (κ3) is 4.61. The zero-order valence-electron chi connectivity index (χ0n) is 17.5. The maximum absolute atomic E-state index is 14.5. The molecule has 0 aromatic heterocycles. The summed E-state index contributed by atoms with van der Waals surface area (Å²) in [6.07, 6.45) is 5.43. The van der Waals surface area contributed by atoms with Crippen LogP contribution in [0, 0.1) is 41.0 Å². The molecule has 0 unspecified atom stereocenters. The monoisotopic (exact) mass is 424 g/mol. The summed E-state index contributed by atoms with van der Waals surface area (Å²) in [4.78, 5) is 0. The van der Waals surface area contributed by atoms with Gasteiger partial charge in [-0.3, -0.25) is 0 Å². The highest BCUT2D eigenvalue weighted by Crippen LogP contribution is 2.37. The number of rotatable bonds is 3. The average Bonchev–Trinajstić information content (AvgIpc) is 2.77. The summed E-state index contributed by atoms with van der Waals surface area (Å²) >= 11 is 0. The molecule has 0 N–H and O–H groups in total. The first-order chi connectivity index (χ1) is 15.0. The van der Waals surface area contributed by atoms with E-state index in [1.54, 1.807) is 18.2 Å². The summed E-state index contributed by atoms with van der Waals surface area (Å²) in [5, 5.41) is 0.325. The molecule has 3 aromatic rings. The van der Waals surface area contributed by atoms with Crippen molar-refractivity contribution in [2.24, 2.45) is 5.92 Å². The average molecular weight is 424 g/mol. The Morgan fingerprint density at radius 1 is 0.839 bits per heavy atom. The van der Waals surface area contributed by atoms with E-state index in [-0.39, 0.29) is 28.4 Å². The Hall–Kier alpha value is -2.80. The zero-order chi connectivity index (χ0) is 22.0. The predicted molar refractivity (Wildman–Crippen MR) is 116 cm³/mol. The molecule has 31 heavy (non-hydrogen) atoms. The third-order valence-electron chi connectivity index (χ3n) is 6.16. The lowest BCUT2D eigenvalue weighted by Gasteiger charge is -2.26. The van der Waals surface area contributed by atoms with Gasteiger partial charge in [-0.2, -0.15) is 0 Å². The molecule has 1 fully saturated rings. The molecule has 1 saturated carbocycles. The van der Waals surface area contributed by atoms with E-state index in [1.807, 2.05) is 12.1 Å². The van der Waals surface area contributed by atoms with Crippen molar-refractivity contribution < 1.29 is 17.6 Å². The van der Waals surface area contributed by atoms with Crippen LogP contribution in [0.5, 0.6) is 0 Å². The number of halogens is 4. The molecule has 0 amide bonds. The van der Waals surface area contributed by atoms with Crippen molar-refractivity contribution in [1.29, 1.82) is 0 Å². The Balaban J connectivity index is 1.44. The van der Waals surface area contributed by atoms with E-state index >= 15 is 0 Å². The molecule has 4 rings (SSSR count). The molecular formula is C27H24F4. The number of aryl methyl sites for hydroxylation is 1. The van der Waals surface area contributed by atoms with Crippen LogP contribution in [-0.4, -0.2) is 0 Å². The standard InChI is InChI=1S/C27H24F4/c1-2-3-18-8-12-22(24(28)15-18)20-10-6-17(7-11-20)4-5-19-9-13-23-21(14-19)16-25(29)27(31)26(23)30/h8-9,12-17,20H,2-3,6-7,10-11H2,1H3. The number of fused-ring (bicyclic) bond motifs is 1. The van der Waals surface area contributed by atoms with Crippen LogP contribution in [0.25, 0.3) is 10.8 Å². The van der Waals surface area contributed by atoms with Crippen molar-refractivity contribution in [3.05, 3.63) is 82.4 Å². The minimum atomic E-state index is -1.46. The molecule has 3 aromatic carbocycles. The first-order valence-corrected chi connectivity index (χ1v) is 10.8. The van der Waals surface area contributed by atoms with Crippen LogP contribution in [0.15, 0.2) is 42.5 Å². The Morgan fingerprint density at radius 3 is 2.32 bits per heavy atom. The Bertz CT molecular complexity index is 1160. The van der Waals surface area contributed by atoms with Gasteiger partial charge >= 0.3 is 0 Å². The molecule has 0 heterocycles. The molecule has 0 saturated heterocycles. The van der Waals surface area contributed by atoms with E-state index in [4.69, 9.17) is 0 Å². The highest BCUT2D eigenvalue weighted by Gasteiger charge is 2.23. The second kappa shape index (κ2) is 9.14. The fraction of sp³-hybridized carbons (Fsp3) is 0.333. The van der Waals surface area contributed by atoms with Crippen molar-refractivity contribution in [3.63, 3.8) is 0 Å². The summed E-state index contributed by atoms with van der Waals surface area (Å²) in [6.45, 7) is 2.09. The van der Waals surface area contributed by atoms with Crippen LogP contribution in [0.1, 0.15) is 61.6 Å². The Labute approximate surface area is 180 Å². The van der Waals surface area contributed by atoms with E-state index in [2.05, 4.69) is 18.8 Å². The summed E-state index contributed by atoms with van der Waals surface area (Å²) < 4.78 is 55.3. The lowest BCUT2D eigenvalue weighted by molar-refractivity contribution is 0.376. The normalized spacial score (nSPS) is 18.6. The van der Waals surface area contributed by atoms with E-state index in [1.165, 1.54) is 6.07 Å². The van der Waals surface area contributed by atoms with Gasteiger partial charge in [-0.25, -0.2) is 17.6 Å². The second-order valence-electron chi connectivity index (χ2n) is 8.35. The highest BCUT2D eigenvalue weighted by molar-refractivity contribution is 5.84. The molecule has 4 heteroatoms. The first kappa shape index (κ1) is 21.4. The van der Waals surface area contributed by atoms with Gasteiger partial charge in [0.05, 0.1) is 0 Å². The SMILES string of the molecule is CCCc1ccc(C2CCC(C#Cc3ccc4c(F)c(F)c(F)cc4c3)CC2)c(F)c1. The van der Waals surface area contributed by atoms with Crippen molar-refractivity contribution in [3.8, 4) is 11.8 Å². The fourth-order valence-electron chi connectivity index (χ4n) is 4.46. The van der Waals surface area contributed by atoms with Gasteiger partial charge in [0.25, 0.3) is 0 Å². The summed E-state index contributed by atoms with van der Waals surface area (Å²) in [6, 6.07) is 11.3. The quantitative estimate of drug-likeness (QED) is 0.230. The molecule has 0 aliphatic heterocycles. The van der Waals surface area contributed by atoms with Gasteiger partial charge < -0.3 is 0 Å². The topological polar surface area (TPSA) is 0 Å². The maximum Gasteiger partial charge on any atom is 0.195 e. The van der Waals surface area contributed by atoms with Crippen LogP contribution in [0.3, 0.4) is 0 Å². The predicted octanol–water partition coefficient (Wildman–Crippen LogP) is 7.67. The molecule has 1 aliphatic rings. The van der Waals surface area contributed by atoms with Gasteiger partial charge in [0, 0.05) is 16.9 Å². The molecular weight excluding hydrogens is 400 g/mol. The van der Waals surface area contributed by atoms with E-state index < -0.39 is 17.5 Å². The van der Waals surface area contributed by atoms with E-state index in [0.717, 1.165) is 55.7 Å². The maximum atomic E-state index is 14.5. The first-order valence-electron chi connectivity index (χ1n) is 10.8. The number of hydrogen-bond donors (Lipinski definition) is 0. The van der Waals surface area contributed by atoms with E-state index in [0.29, 0.717) is 5.56 Å². The van der Waals surface area contributed by atoms with Crippen molar-refractivity contribution >= 4 is 10.8 Å². The second-order valence-corrected chi connectivity index (χ2v) is 8.35. The molecule has 0 bridgehead atoms. The molecule has 160 valence electrons. The smallest absolute Gasteiger partial charge is 0.195 e. The summed E-state index contributed by atoms with van der Waals surface area (Å²) in [5.41, 5.74) is 2.48. The van der Waals surface area contributed by atoms with Crippen LogP contribution in [0.2, 0.25) is 0 Å². The van der Waals surface area contributed by atoms with Crippen LogP contribution < -0.4 is 0 Å². The minimum Gasteiger partial charge on any atom is -0.207 e. The molecule has 0 radical (unpaired) electrons. The van der Waals surface area contributed by atoms with Gasteiger partial charge in [-0.05, 0) is 78.8 Å². The van der Waals surface area contributed by atoms with Gasteiger partial charge in [-0.15, -0.1) is 0 Å². The van der Waals surface area contributed by atoms with Gasteiger partial charge in [0.1, 0.15) is 5.82 Å². The zero-order valence-corrected chi connectivity index (χ0v) is 17.5. The number of benzene rings is 3. The molecule has 0 spiro atoms. The van der Waals surface area contributed by atoms with Crippen LogP contribution in [-0.2, 0) is 6.42 Å². The van der Waals surface area contributed by atoms with Crippen molar-refractivity contribution in [1.82, 2.24) is 0 Å². The minimum absolute atomic E-state index is 0.0388. The van der Waals surface area contributed by atoms with Crippen molar-refractivity contribution in [2.75, 3.05) is 0 Å². The summed E-state index contributed by atoms with van der Waals surface area (Å²) in [5.74, 6) is 2.81. The van der Waals surface area contributed by atoms with Gasteiger partial charge in [0.15, 0.2) is 17.5 Å². The fourth-order valence-corrected chi connectivity index (χ4v) is 4.46. The lowest BCUT2D eigenvalue weighted by Crippen LogP contribution is -2.13. The highest BCUT2D eigenvalue weighted by atomic mass is 19.2. The van der Waals surface area contributed by atoms with E-state index in [9.17, 15) is 17.6 Å². The van der Waals surface area contributed by atoms with Gasteiger partial charge in [-0.1, -0.05) is 43.4 Å². The number of hydrogen-bond acceptors (Lipinski definition) is 0. The van der Waals surface area contributed by atoms with Crippen molar-refractivity contribution in [2.45, 2.75) is 51.4 Å². The Kier molecular flexibility index (Phi) is 6.32. The molecule has 1 aliphatic carbocycles. The molecule has 0 atom stereocenters. The Morgan fingerprint density at radius 2 is 1.61 bits per heavy atom. The lowest BCUT2D eigenvalue weighted by atomic mass is 9.78. The summed E-state index contributed by atoms with van der Waals surface area (Å²) in [7, 11) is 0. The van der Waals surface area contributed by atoms with Gasteiger partial charge in [0.2, 0.25) is 0 Å². The molecule has 0 nitrogen and oxygen atoms in total. The van der Waals surface area contributed by atoms with Crippen LogP contribution in [0.4, 0.5) is 17.6 Å². The van der Waals surface area contributed by atoms with Crippen LogP contribution >= 0.6 is 0 Å². The third-order valence-corrected chi connectivity index (χ3v) is 6.16.